The van der Waals surface area contributed by atoms with Crippen LogP contribution in [0.1, 0.15) is 37.0 Å². The molecule has 0 unspecified atom stereocenters. The van der Waals surface area contributed by atoms with Crippen LogP contribution in [-0.4, -0.2) is 80.4 Å². The molecule has 2 heterocycles. The molecule has 1 N–H and O–H groups in total. The lowest BCUT2D eigenvalue weighted by molar-refractivity contribution is -0.00531. The van der Waals surface area contributed by atoms with E-state index in [2.05, 4.69) is 5.32 Å². The summed E-state index contributed by atoms with van der Waals surface area (Å²) in [6.07, 6.45) is 1.64. The number of ether oxygens (including phenoxy) is 3. The number of rotatable bonds is 6. The maximum atomic E-state index is 13.0. The molecule has 2 fully saturated rings. The van der Waals surface area contributed by atoms with Crippen molar-refractivity contribution in [2.24, 2.45) is 0 Å². The fraction of sp³-hybridized carbons (Fsp3) is 0.619. The normalized spacial score (nSPS) is 17.6. The molecule has 0 aliphatic carbocycles. The van der Waals surface area contributed by atoms with Crippen LogP contribution >= 0.6 is 0 Å². The molecular formula is C21H31N3O5. The smallest absolute Gasteiger partial charge is 0.318 e. The fourth-order valence-electron chi connectivity index (χ4n) is 3.86. The summed E-state index contributed by atoms with van der Waals surface area (Å²) in [4.78, 5) is 29.5. The Kier molecular flexibility index (Phi) is 6.84. The van der Waals surface area contributed by atoms with E-state index in [1.807, 2.05) is 18.7 Å². The molecule has 1 aromatic carbocycles. The van der Waals surface area contributed by atoms with Crippen molar-refractivity contribution >= 4 is 11.9 Å². The Balaban J connectivity index is 1.69. The van der Waals surface area contributed by atoms with Crippen LogP contribution in [0.4, 0.5) is 4.79 Å². The second kappa shape index (κ2) is 9.35. The summed E-state index contributed by atoms with van der Waals surface area (Å²) in [5, 5.41) is 3.00. The van der Waals surface area contributed by atoms with Gasteiger partial charge in [-0.2, -0.15) is 0 Å². The van der Waals surface area contributed by atoms with Crippen LogP contribution in [0.2, 0.25) is 0 Å². The highest BCUT2D eigenvalue weighted by Gasteiger charge is 2.41. The van der Waals surface area contributed by atoms with E-state index in [9.17, 15) is 9.59 Å². The van der Waals surface area contributed by atoms with Crippen LogP contribution in [-0.2, 0) is 4.74 Å². The quantitative estimate of drug-likeness (QED) is 0.784. The van der Waals surface area contributed by atoms with E-state index in [4.69, 9.17) is 14.2 Å². The number of urea groups is 1. The molecular weight excluding hydrogens is 374 g/mol. The third kappa shape index (κ3) is 4.75. The Hall–Kier alpha value is -2.48. The number of likely N-dealkylation sites (tertiary alicyclic amines) is 1. The largest absolute Gasteiger partial charge is 0.497 e. The molecule has 2 aliphatic heterocycles. The molecule has 0 spiro atoms. The molecule has 8 nitrogen and oxygen atoms in total. The fourth-order valence-corrected chi connectivity index (χ4v) is 3.86. The van der Waals surface area contributed by atoms with Crippen LogP contribution in [0.5, 0.6) is 11.5 Å². The molecule has 3 amide bonds. The molecule has 1 aromatic rings. The summed E-state index contributed by atoms with van der Waals surface area (Å²) in [6, 6.07) is 5.31. The number of carbonyl (C=O) groups is 2. The Morgan fingerprint density at radius 1 is 1.14 bits per heavy atom. The lowest BCUT2D eigenvalue weighted by Gasteiger charge is -2.49. The summed E-state index contributed by atoms with van der Waals surface area (Å²) >= 11 is 0. The molecule has 29 heavy (non-hydrogen) atoms. The van der Waals surface area contributed by atoms with E-state index < -0.39 is 0 Å². The van der Waals surface area contributed by atoms with Crippen LogP contribution in [0.3, 0.4) is 0 Å². The molecule has 0 saturated carbocycles. The first-order valence-electron chi connectivity index (χ1n) is 10.1. The zero-order valence-electron chi connectivity index (χ0n) is 17.6. The van der Waals surface area contributed by atoms with Gasteiger partial charge in [-0.15, -0.1) is 0 Å². The summed E-state index contributed by atoms with van der Waals surface area (Å²) in [5.41, 5.74) is 0.496. The summed E-state index contributed by atoms with van der Waals surface area (Å²) in [5.74, 6) is 1.02. The summed E-state index contributed by atoms with van der Waals surface area (Å²) < 4.78 is 16.0. The molecule has 0 radical (unpaired) electrons. The van der Waals surface area contributed by atoms with Crippen molar-refractivity contribution in [3.8, 4) is 11.5 Å². The first kappa shape index (κ1) is 21.2. The Morgan fingerprint density at radius 2 is 1.83 bits per heavy atom. The van der Waals surface area contributed by atoms with Crippen molar-refractivity contribution in [3.63, 3.8) is 0 Å². The third-order valence-corrected chi connectivity index (χ3v) is 5.41. The molecule has 160 valence electrons. The van der Waals surface area contributed by atoms with Gasteiger partial charge in [0.15, 0.2) is 0 Å². The van der Waals surface area contributed by atoms with Gasteiger partial charge in [0.05, 0.1) is 25.8 Å². The highest BCUT2D eigenvalue weighted by Crippen LogP contribution is 2.29. The number of nitrogens with one attached hydrogen (secondary N) is 1. The number of amides is 3. The van der Waals surface area contributed by atoms with E-state index >= 15 is 0 Å². The number of methoxy groups -OCH3 is 2. The first-order chi connectivity index (χ1) is 13.9. The zero-order chi connectivity index (χ0) is 21.0. The zero-order valence-corrected chi connectivity index (χ0v) is 17.6. The number of benzene rings is 1. The average Bonchev–Trinajstić information content (AvgIpc) is 2.69. The van der Waals surface area contributed by atoms with Gasteiger partial charge in [-0.05, 0) is 38.8 Å². The minimum atomic E-state index is -0.100. The lowest BCUT2D eigenvalue weighted by Crippen LogP contribution is -2.66. The second-order valence-corrected chi connectivity index (χ2v) is 7.79. The van der Waals surface area contributed by atoms with Gasteiger partial charge in [0, 0.05) is 44.5 Å². The van der Waals surface area contributed by atoms with Crippen molar-refractivity contribution < 1.29 is 23.8 Å². The molecule has 8 heteroatoms. The predicted molar refractivity (Wildman–Crippen MR) is 109 cm³/mol. The van der Waals surface area contributed by atoms with E-state index in [0.29, 0.717) is 43.4 Å². The van der Waals surface area contributed by atoms with Crippen LogP contribution in [0, 0.1) is 0 Å². The van der Waals surface area contributed by atoms with Gasteiger partial charge in [0.25, 0.3) is 5.91 Å². The van der Waals surface area contributed by atoms with E-state index in [0.717, 1.165) is 12.8 Å². The SMILES string of the molecule is COc1ccc(C(=O)N2CC(N(C(=O)NC(C)C)C3CCOCC3)C2)c(OC)c1. The predicted octanol–water partition coefficient (Wildman–Crippen LogP) is 2.13. The lowest BCUT2D eigenvalue weighted by atomic mass is 9.99. The number of carbonyl (C=O) groups excluding carboxylic acids is 2. The molecule has 2 saturated heterocycles. The highest BCUT2D eigenvalue weighted by molar-refractivity contribution is 5.97. The van der Waals surface area contributed by atoms with Crippen molar-refractivity contribution in [3.05, 3.63) is 23.8 Å². The van der Waals surface area contributed by atoms with Gasteiger partial charge >= 0.3 is 6.03 Å². The number of hydrogen-bond acceptors (Lipinski definition) is 5. The minimum absolute atomic E-state index is 0.00467. The van der Waals surface area contributed by atoms with E-state index in [1.165, 1.54) is 7.11 Å². The molecule has 0 bridgehead atoms. The van der Waals surface area contributed by atoms with E-state index in [1.54, 1.807) is 30.2 Å². The number of hydrogen-bond donors (Lipinski definition) is 1. The van der Waals surface area contributed by atoms with Gasteiger partial charge in [0.2, 0.25) is 0 Å². The summed E-state index contributed by atoms with van der Waals surface area (Å²) in [7, 11) is 3.11. The van der Waals surface area contributed by atoms with Crippen molar-refractivity contribution in [1.82, 2.24) is 15.1 Å². The molecule has 0 atom stereocenters. The molecule has 3 rings (SSSR count). The average molecular weight is 405 g/mol. The van der Waals surface area contributed by atoms with E-state index in [-0.39, 0.29) is 30.1 Å². The Bertz CT molecular complexity index is 727. The highest BCUT2D eigenvalue weighted by atomic mass is 16.5. The summed E-state index contributed by atoms with van der Waals surface area (Å²) in [6.45, 7) is 6.25. The van der Waals surface area contributed by atoms with Gasteiger partial charge < -0.3 is 29.3 Å². The van der Waals surface area contributed by atoms with Gasteiger partial charge in [-0.3, -0.25) is 4.79 Å². The maximum Gasteiger partial charge on any atom is 0.318 e. The van der Waals surface area contributed by atoms with Crippen molar-refractivity contribution in [1.29, 1.82) is 0 Å². The minimum Gasteiger partial charge on any atom is -0.497 e. The third-order valence-electron chi connectivity index (χ3n) is 5.41. The van der Waals surface area contributed by atoms with Crippen molar-refractivity contribution in [2.45, 2.75) is 44.8 Å². The van der Waals surface area contributed by atoms with Gasteiger partial charge in [-0.1, -0.05) is 0 Å². The topological polar surface area (TPSA) is 80.3 Å². The van der Waals surface area contributed by atoms with Crippen LogP contribution < -0.4 is 14.8 Å². The number of nitrogens with zero attached hydrogens (tertiary/aromatic N) is 2. The van der Waals surface area contributed by atoms with Gasteiger partial charge in [0.1, 0.15) is 11.5 Å². The van der Waals surface area contributed by atoms with Crippen molar-refractivity contribution in [2.75, 3.05) is 40.5 Å². The second-order valence-electron chi connectivity index (χ2n) is 7.79. The first-order valence-corrected chi connectivity index (χ1v) is 10.1. The Morgan fingerprint density at radius 3 is 2.41 bits per heavy atom. The monoisotopic (exact) mass is 405 g/mol. The molecule has 2 aliphatic rings. The van der Waals surface area contributed by atoms with Crippen LogP contribution in [0.25, 0.3) is 0 Å². The standard InChI is InChI=1S/C21H31N3O5/c1-14(2)22-21(26)24(15-7-9-29-10-8-15)16-12-23(13-16)20(25)18-6-5-17(27-3)11-19(18)28-4/h5-6,11,14-16H,7-10,12-13H2,1-4H3,(H,22,26). The maximum absolute atomic E-state index is 13.0. The molecule has 0 aromatic heterocycles. The van der Waals surface area contributed by atoms with Crippen LogP contribution in [0.15, 0.2) is 18.2 Å². The Labute approximate surface area is 172 Å². The van der Waals surface area contributed by atoms with Gasteiger partial charge in [-0.25, -0.2) is 4.79 Å².